The van der Waals surface area contributed by atoms with Crippen molar-refractivity contribution in [2.75, 3.05) is 23.3 Å². The van der Waals surface area contributed by atoms with Crippen molar-refractivity contribution in [3.05, 3.63) is 58.1 Å². The molecule has 7 heteroatoms. The molecule has 2 aromatic carbocycles. The highest BCUT2D eigenvalue weighted by molar-refractivity contribution is 6.42. The molecule has 3 amide bonds. The second-order valence-electron chi connectivity index (χ2n) is 6.29. The number of anilines is 2. The van der Waals surface area contributed by atoms with Gasteiger partial charge in [-0.2, -0.15) is 0 Å². The zero-order chi connectivity index (χ0) is 19.9. The zero-order valence-electron chi connectivity index (χ0n) is 15.1. The number of nitrogens with zero attached hydrogens (tertiary/aromatic N) is 1. The maximum absolute atomic E-state index is 12.0. The lowest BCUT2D eigenvalue weighted by Gasteiger charge is -2.26. The van der Waals surface area contributed by atoms with Crippen LogP contribution in [0.4, 0.5) is 16.2 Å². The summed E-state index contributed by atoms with van der Waals surface area (Å²) in [6.07, 6.45) is 2.60. The number of piperidine rings is 1. The quantitative estimate of drug-likeness (QED) is 0.714. The Morgan fingerprint density at radius 2 is 1.86 bits per heavy atom. The van der Waals surface area contributed by atoms with Gasteiger partial charge in [-0.05, 0) is 55.3 Å². The highest BCUT2D eigenvalue weighted by Gasteiger charge is 2.19. The van der Waals surface area contributed by atoms with Gasteiger partial charge in [0.25, 0.3) is 0 Å². The normalized spacial score (nSPS) is 13.5. The van der Waals surface area contributed by atoms with Gasteiger partial charge in [0.05, 0.1) is 16.6 Å². The number of hydrogen-bond donors (Lipinski definition) is 2. The van der Waals surface area contributed by atoms with E-state index in [1.165, 1.54) is 0 Å². The Kier molecular flexibility index (Phi) is 6.80. The van der Waals surface area contributed by atoms with E-state index in [9.17, 15) is 9.59 Å². The summed E-state index contributed by atoms with van der Waals surface area (Å²) in [4.78, 5) is 25.6. The Labute approximate surface area is 174 Å². The number of hydrogen-bond acceptors (Lipinski definition) is 2. The minimum absolute atomic E-state index is 0.169. The Morgan fingerprint density at radius 1 is 1.07 bits per heavy atom. The number of halogens is 2. The second-order valence-corrected chi connectivity index (χ2v) is 7.10. The molecule has 0 saturated carbocycles. The molecule has 1 aliphatic heterocycles. The van der Waals surface area contributed by atoms with Gasteiger partial charge < -0.3 is 15.5 Å². The van der Waals surface area contributed by atoms with E-state index < -0.39 is 0 Å². The maximum atomic E-state index is 12.0. The van der Waals surface area contributed by atoms with E-state index in [2.05, 4.69) is 22.5 Å². The van der Waals surface area contributed by atoms with E-state index >= 15 is 0 Å². The van der Waals surface area contributed by atoms with Gasteiger partial charge in [0.1, 0.15) is 0 Å². The van der Waals surface area contributed by atoms with Crippen LogP contribution in [0.2, 0.25) is 10.0 Å². The van der Waals surface area contributed by atoms with E-state index in [0.717, 1.165) is 30.6 Å². The molecular formula is C21H19Cl2N3O2. The van der Waals surface area contributed by atoms with Gasteiger partial charge in [-0.15, -0.1) is 0 Å². The van der Waals surface area contributed by atoms with Gasteiger partial charge >= 0.3 is 6.03 Å². The molecule has 1 fully saturated rings. The molecule has 1 aliphatic rings. The van der Waals surface area contributed by atoms with Gasteiger partial charge in [0, 0.05) is 29.9 Å². The van der Waals surface area contributed by atoms with Crippen LogP contribution in [0.3, 0.4) is 0 Å². The molecule has 1 heterocycles. The number of carbonyl (C=O) groups is 2. The fourth-order valence-electron chi connectivity index (χ4n) is 2.82. The van der Waals surface area contributed by atoms with Crippen molar-refractivity contribution in [3.63, 3.8) is 0 Å². The van der Waals surface area contributed by atoms with Crippen LogP contribution in [0.15, 0.2) is 42.5 Å². The first-order valence-corrected chi connectivity index (χ1v) is 9.68. The van der Waals surface area contributed by atoms with Crippen LogP contribution in [0.25, 0.3) is 0 Å². The molecule has 0 aromatic heterocycles. The molecule has 0 aliphatic carbocycles. The van der Waals surface area contributed by atoms with Gasteiger partial charge in [-0.25, -0.2) is 4.79 Å². The molecule has 0 bridgehead atoms. The molecule has 3 rings (SSSR count). The van der Waals surface area contributed by atoms with E-state index in [0.29, 0.717) is 22.2 Å². The minimum Gasteiger partial charge on any atom is -0.327 e. The summed E-state index contributed by atoms with van der Waals surface area (Å²) in [6.45, 7) is 0.960. The molecule has 2 aromatic rings. The Bertz CT molecular complexity index is 933. The Balaban J connectivity index is 1.49. The largest absolute Gasteiger partial charge is 0.327 e. The SMILES string of the molecule is O=C(NCC#Cc1ccc(N2CCCCC2=O)cc1)Nc1ccc(Cl)c(Cl)c1. The van der Waals surface area contributed by atoms with Crippen LogP contribution in [-0.2, 0) is 4.79 Å². The van der Waals surface area contributed by atoms with Crippen LogP contribution in [0.5, 0.6) is 0 Å². The fourth-order valence-corrected chi connectivity index (χ4v) is 3.12. The molecule has 0 spiro atoms. The van der Waals surface area contributed by atoms with Crippen molar-refractivity contribution in [3.8, 4) is 11.8 Å². The lowest BCUT2D eigenvalue weighted by molar-refractivity contribution is -0.119. The first kappa shape index (κ1) is 20.1. The van der Waals surface area contributed by atoms with Gasteiger partial charge in [-0.1, -0.05) is 35.0 Å². The maximum Gasteiger partial charge on any atom is 0.319 e. The predicted octanol–water partition coefficient (Wildman–Crippen LogP) is 4.68. The van der Waals surface area contributed by atoms with Crippen molar-refractivity contribution >= 4 is 46.5 Å². The van der Waals surface area contributed by atoms with Crippen LogP contribution in [0, 0.1) is 11.8 Å². The third-order valence-corrected chi connectivity index (χ3v) is 4.99. The number of nitrogens with one attached hydrogen (secondary N) is 2. The molecule has 28 heavy (non-hydrogen) atoms. The molecule has 1 saturated heterocycles. The van der Waals surface area contributed by atoms with Crippen molar-refractivity contribution < 1.29 is 9.59 Å². The standard InChI is InChI=1S/C21H19Cl2N3O2/c22-18-11-8-16(14-19(18)23)25-21(28)24-12-3-4-15-6-9-17(10-7-15)26-13-2-1-5-20(26)27/h6-11,14H,1-2,5,12-13H2,(H2,24,25,28). The summed E-state index contributed by atoms with van der Waals surface area (Å²) in [7, 11) is 0. The number of carbonyl (C=O) groups excluding carboxylic acids is 2. The van der Waals surface area contributed by atoms with E-state index in [-0.39, 0.29) is 18.5 Å². The lowest BCUT2D eigenvalue weighted by Crippen LogP contribution is -2.35. The second kappa shape index (κ2) is 9.50. The number of rotatable bonds is 3. The third-order valence-electron chi connectivity index (χ3n) is 4.25. The Hall–Kier alpha value is -2.68. The summed E-state index contributed by atoms with van der Waals surface area (Å²) in [5, 5.41) is 6.10. The van der Waals surface area contributed by atoms with Crippen molar-refractivity contribution in [1.29, 1.82) is 0 Å². The van der Waals surface area contributed by atoms with Crippen LogP contribution >= 0.6 is 23.2 Å². The molecule has 144 valence electrons. The lowest BCUT2D eigenvalue weighted by atomic mass is 10.1. The molecular weight excluding hydrogens is 397 g/mol. The topological polar surface area (TPSA) is 61.4 Å². The number of urea groups is 1. The molecule has 0 atom stereocenters. The average molecular weight is 416 g/mol. The van der Waals surface area contributed by atoms with E-state index in [1.807, 2.05) is 29.2 Å². The minimum atomic E-state index is -0.383. The molecule has 2 N–H and O–H groups in total. The summed E-state index contributed by atoms with van der Waals surface area (Å²) >= 11 is 11.8. The van der Waals surface area contributed by atoms with Crippen LogP contribution in [-0.4, -0.2) is 25.0 Å². The highest BCUT2D eigenvalue weighted by atomic mass is 35.5. The zero-order valence-corrected chi connectivity index (χ0v) is 16.6. The molecule has 5 nitrogen and oxygen atoms in total. The van der Waals surface area contributed by atoms with E-state index in [1.54, 1.807) is 18.2 Å². The number of amides is 3. The summed E-state index contributed by atoms with van der Waals surface area (Å²) in [5.74, 6) is 6.05. The van der Waals surface area contributed by atoms with E-state index in [4.69, 9.17) is 23.2 Å². The van der Waals surface area contributed by atoms with Gasteiger partial charge in [0.2, 0.25) is 5.91 Å². The molecule has 0 radical (unpaired) electrons. The third kappa shape index (κ3) is 5.41. The van der Waals surface area contributed by atoms with Crippen molar-refractivity contribution in [1.82, 2.24) is 5.32 Å². The first-order valence-electron chi connectivity index (χ1n) is 8.92. The highest BCUT2D eigenvalue weighted by Crippen LogP contribution is 2.25. The van der Waals surface area contributed by atoms with Crippen LogP contribution in [0.1, 0.15) is 24.8 Å². The summed E-state index contributed by atoms with van der Waals surface area (Å²) in [5.41, 5.74) is 2.26. The summed E-state index contributed by atoms with van der Waals surface area (Å²) in [6, 6.07) is 12.0. The van der Waals surface area contributed by atoms with Crippen LogP contribution < -0.4 is 15.5 Å². The Morgan fingerprint density at radius 3 is 2.57 bits per heavy atom. The fraction of sp³-hybridized carbons (Fsp3) is 0.238. The molecule has 0 unspecified atom stereocenters. The monoisotopic (exact) mass is 415 g/mol. The predicted molar refractivity (Wildman–Crippen MR) is 113 cm³/mol. The van der Waals surface area contributed by atoms with Gasteiger partial charge in [0.15, 0.2) is 0 Å². The van der Waals surface area contributed by atoms with Crippen molar-refractivity contribution in [2.45, 2.75) is 19.3 Å². The van der Waals surface area contributed by atoms with Crippen molar-refractivity contribution in [2.24, 2.45) is 0 Å². The first-order chi connectivity index (χ1) is 13.5. The average Bonchev–Trinajstić information content (AvgIpc) is 2.69. The number of benzene rings is 2. The summed E-state index contributed by atoms with van der Waals surface area (Å²) < 4.78 is 0. The smallest absolute Gasteiger partial charge is 0.319 e. The van der Waals surface area contributed by atoms with Gasteiger partial charge in [-0.3, -0.25) is 4.79 Å².